The molecular formula is C30H52FN3O2Si. The normalized spacial score (nSPS) is 46.2. The maximum atomic E-state index is 16.2. The first kappa shape index (κ1) is 29.1. The average molecular weight is 534 g/mol. The Bertz CT molecular complexity index is 904. The highest BCUT2D eigenvalue weighted by atomic mass is 28.4. The van der Waals surface area contributed by atoms with Crippen molar-refractivity contribution in [1.29, 1.82) is 0 Å². The predicted molar refractivity (Wildman–Crippen MR) is 150 cm³/mol. The molecule has 0 heterocycles. The molecule has 4 fully saturated rings. The zero-order valence-corrected chi connectivity index (χ0v) is 25.7. The molecule has 0 N–H and O–H groups in total. The number of nitrogens with zero attached hydrogens (tertiary/aromatic N) is 3. The Morgan fingerprint density at radius 1 is 1.14 bits per heavy atom. The number of azide groups is 1. The first-order valence-corrected chi connectivity index (χ1v) is 18.6. The summed E-state index contributed by atoms with van der Waals surface area (Å²) in [4.78, 5) is 14.6. The summed E-state index contributed by atoms with van der Waals surface area (Å²) in [6.45, 7) is 18.6. The fourth-order valence-electron chi connectivity index (χ4n) is 10.3. The van der Waals surface area contributed by atoms with Crippen LogP contribution in [0.5, 0.6) is 0 Å². The van der Waals surface area contributed by atoms with Crippen LogP contribution in [-0.4, -0.2) is 26.5 Å². The Hall–Kier alpha value is -0.913. The maximum absolute atomic E-state index is 16.2. The molecule has 1 amide bonds. The summed E-state index contributed by atoms with van der Waals surface area (Å²) >= 11 is 0. The lowest BCUT2D eigenvalue weighted by atomic mass is 9.40. The van der Waals surface area contributed by atoms with Crippen LogP contribution in [-0.2, 0) is 9.22 Å². The van der Waals surface area contributed by atoms with Crippen LogP contribution < -0.4 is 0 Å². The smallest absolute Gasteiger partial charge is 0.218 e. The predicted octanol–water partition coefficient (Wildman–Crippen LogP) is 8.95. The lowest BCUT2D eigenvalue weighted by Crippen LogP contribution is -2.65. The van der Waals surface area contributed by atoms with Crippen LogP contribution in [0.1, 0.15) is 92.4 Å². The van der Waals surface area contributed by atoms with Crippen molar-refractivity contribution in [3.05, 3.63) is 10.4 Å². The summed E-state index contributed by atoms with van der Waals surface area (Å²) in [5.41, 5.74) is 8.89. The third-order valence-electron chi connectivity index (χ3n) is 11.9. The fraction of sp³-hybridized carbons (Fsp3) is 0.967. The first-order valence-electron chi connectivity index (χ1n) is 15.2. The summed E-state index contributed by atoms with van der Waals surface area (Å²) in [7, 11) is -1.84. The quantitative estimate of drug-likeness (QED) is 0.142. The van der Waals surface area contributed by atoms with E-state index in [2.05, 4.69) is 64.3 Å². The molecule has 7 heteroatoms. The number of rotatable bonds is 7. The van der Waals surface area contributed by atoms with Gasteiger partial charge in [-0.3, -0.25) is 4.79 Å². The van der Waals surface area contributed by atoms with Crippen molar-refractivity contribution in [2.75, 3.05) is 0 Å². The standard InChI is InChI=1S/C30H52FN3O2Si/c1-9-20-26-27(31)19(3)14-16-30(26,5)23-15-17-29(4)21(18(2)10-13-24(35)33-34-32)11-12-22(29)25(23)28(20)36-37(6,7)8/h18-23,25-28H,9-17H2,1-8H3/t18-,19-,20-,21?,22?,23?,25?,26-,27+,28?,29-,30-/m1/s1. The zero-order chi connectivity index (χ0) is 27.3. The number of carbonyl (C=O) groups is 1. The van der Waals surface area contributed by atoms with Gasteiger partial charge in [0.15, 0.2) is 8.32 Å². The molecule has 5 unspecified atom stereocenters. The van der Waals surface area contributed by atoms with Gasteiger partial charge in [0, 0.05) is 17.3 Å². The minimum Gasteiger partial charge on any atom is -0.414 e. The van der Waals surface area contributed by atoms with Gasteiger partial charge in [0.25, 0.3) is 0 Å². The van der Waals surface area contributed by atoms with Crippen molar-refractivity contribution < 1.29 is 13.6 Å². The number of alkyl halides is 1. The molecule has 0 radical (unpaired) electrons. The van der Waals surface area contributed by atoms with Gasteiger partial charge in [-0.2, -0.15) is 0 Å². The van der Waals surface area contributed by atoms with E-state index in [-0.39, 0.29) is 40.6 Å². The maximum Gasteiger partial charge on any atom is 0.218 e. The number of carbonyl (C=O) groups excluding carboxylic acids is 1. The van der Waals surface area contributed by atoms with Gasteiger partial charge in [0.2, 0.25) is 5.91 Å². The number of fused-ring (bicyclic) bond motifs is 5. The Kier molecular flexibility index (Phi) is 8.31. The van der Waals surface area contributed by atoms with Crippen LogP contribution in [0.4, 0.5) is 4.39 Å². The minimum absolute atomic E-state index is 0.0588. The molecule has 0 aliphatic heterocycles. The highest BCUT2D eigenvalue weighted by Gasteiger charge is 2.67. The van der Waals surface area contributed by atoms with E-state index in [4.69, 9.17) is 9.96 Å². The summed E-state index contributed by atoms with van der Waals surface area (Å²) in [6, 6.07) is 0. The summed E-state index contributed by atoms with van der Waals surface area (Å²) in [5.74, 6) is 2.81. The minimum atomic E-state index is -1.84. The lowest BCUT2D eigenvalue weighted by Gasteiger charge is -2.66. The second-order valence-electron chi connectivity index (χ2n) is 14.9. The van der Waals surface area contributed by atoms with Gasteiger partial charge in [-0.05, 0) is 127 Å². The van der Waals surface area contributed by atoms with E-state index in [9.17, 15) is 4.79 Å². The number of hydrogen-bond donors (Lipinski definition) is 0. The molecule has 210 valence electrons. The third kappa shape index (κ3) is 5.06. The molecule has 4 rings (SSSR count). The van der Waals surface area contributed by atoms with Crippen LogP contribution in [0, 0.1) is 58.2 Å². The zero-order valence-electron chi connectivity index (χ0n) is 24.7. The van der Waals surface area contributed by atoms with E-state index in [1.807, 2.05) is 0 Å². The second kappa shape index (κ2) is 10.6. The monoisotopic (exact) mass is 533 g/mol. The van der Waals surface area contributed by atoms with Crippen LogP contribution in [0.3, 0.4) is 0 Å². The van der Waals surface area contributed by atoms with Gasteiger partial charge in [-0.1, -0.05) is 41.0 Å². The lowest BCUT2D eigenvalue weighted by molar-refractivity contribution is -0.210. The van der Waals surface area contributed by atoms with Gasteiger partial charge in [-0.15, -0.1) is 0 Å². The van der Waals surface area contributed by atoms with Gasteiger partial charge in [-0.25, -0.2) is 4.39 Å². The molecule has 37 heavy (non-hydrogen) atoms. The van der Waals surface area contributed by atoms with E-state index >= 15 is 4.39 Å². The molecule has 5 nitrogen and oxygen atoms in total. The molecular weight excluding hydrogens is 481 g/mol. The van der Waals surface area contributed by atoms with E-state index in [0.717, 1.165) is 25.7 Å². The van der Waals surface area contributed by atoms with Crippen LogP contribution in [0.2, 0.25) is 19.6 Å². The molecule has 0 aromatic rings. The Balaban J connectivity index is 1.69. The van der Waals surface area contributed by atoms with Crippen molar-refractivity contribution in [3.8, 4) is 0 Å². The molecule has 4 aliphatic carbocycles. The Morgan fingerprint density at radius 3 is 2.41 bits per heavy atom. The van der Waals surface area contributed by atoms with E-state index in [1.165, 1.54) is 25.7 Å². The van der Waals surface area contributed by atoms with Crippen molar-refractivity contribution in [2.45, 2.75) is 124 Å². The van der Waals surface area contributed by atoms with Gasteiger partial charge >= 0.3 is 0 Å². The molecule has 0 spiro atoms. The largest absolute Gasteiger partial charge is 0.414 e. The van der Waals surface area contributed by atoms with Gasteiger partial charge in [0.1, 0.15) is 6.17 Å². The number of amides is 1. The second-order valence-corrected chi connectivity index (χ2v) is 19.3. The Morgan fingerprint density at radius 2 is 1.78 bits per heavy atom. The summed E-state index contributed by atoms with van der Waals surface area (Å²) in [5, 5.41) is 3.29. The van der Waals surface area contributed by atoms with Crippen molar-refractivity contribution in [2.24, 2.45) is 63.3 Å². The van der Waals surface area contributed by atoms with E-state index < -0.39 is 14.5 Å². The molecule has 0 saturated heterocycles. The molecule has 4 aliphatic rings. The average Bonchev–Trinajstić information content (AvgIpc) is 3.17. The summed E-state index contributed by atoms with van der Waals surface area (Å²) < 4.78 is 23.3. The van der Waals surface area contributed by atoms with Gasteiger partial charge in [0.05, 0.1) is 6.10 Å². The highest BCUT2D eigenvalue weighted by Crippen LogP contribution is 2.70. The van der Waals surface area contributed by atoms with Crippen LogP contribution >= 0.6 is 0 Å². The number of hydrogen-bond acceptors (Lipinski definition) is 2. The first-order chi connectivity index (χ1) is 17.3. The number of halogens is 1. The van der Waals surface area contributed by atoms with Crippen molar-refractivity contribution in [1.82, 2.24) is 0 Å². The molecule has 0 aromatic heterocycles. The Labute approximate surface area is 225 Å². The highest BCUT2D eigenvalue weighted by molar-refractivity contribution is 6.69. The van der Waals surface area contributed by atoms with Gasteiger partial charge < -0.3 is 4.43 Å². The molecule has 0 bridgehead atoms. The third-order valence-corrected chi connectivity index (χ3v) is 12.9. The molecule has 4 saturated carbocycles. The summed E-state index contributed by atoms with van der Waals surface area (Å²) in [6.07, 6.45) is 8.50. The SMILES string of the molecule is CC[C@H]1C(O[Si](C)(C)C)C2C3CCC([C@H](C)CCC(=O)N=[N+]=[N-])[C@@]3(C)CCC2[C@@]2(C)CC[C@@H](C)[C@H](F)[C@@H]12. The van der Waals surface area contributed by atoms with Crippen LogP contribution in [0.25, 0.3) is 10.4 Å². The van der Waals surface area contributed by atoms with E-state index in [0.29, 0.717) is 36.0 Å². The fourth-order valence-corrected chi connectivity index (χ4v) is 11.5. The molecule has 12 atom stereocenters. The van der Waals surface area contributed by atoms with Crippen molar-refractivity contribution >= 4 is 14.2 Å². The topological polar surface area (TPSA) is 75.1 Å². The van der Waals surface area contributed by atoms with E-state index in [1.54, 1.807) is 0 Å². The molecule has 0 aromatic carbocycles. The van der Waals surface area contributed by atoms with Crippen molar-refractivity contribution in [3.63, 3.8) is 0 Å². The van der Waals surface area contributed by atoms with Crippen LogP contribution in [0.15, 0.2) is 5.11 Å².